The van der Waals surface area contributed by atoms with Gasteiger partial charge in [0.15, 0.2) is 0 Å². The highest BCUT2D eigenvalue weighted by Gasteiger charge is 2.26. The highest BCUT2D eigenvalue weighted by atomic mass is 16.5. The highest BCUT2D eigenvalue weighted by Crippen LogP contribution is 2.21. The van der Waals surface area contributed by atoms with Gasteiger partial charge in [-0.15, -0.1) is 0 Å². The molecule has 1 unspecified atom stereocenters. The number of benzene rings is 2. The fraction of sp³-hybridized carbons (Fsp3) is 0.300. The van der Waals surface area contributed by atoms with Crippen LogP contribution in [0.1, 0.15) is 27.9 Å². The SMILES string of the molecule is N#Cc1ccccc1COc1cccc(C(=O)N2CCC(CO)C2)c1. The summed E-state index contributed by atoms with van der Waals surface area (Å²) in [4.78, 5) is 14.3. The topological polar surface area (TPSA) is 73.6 Å². The van der Waals surface area contributed by atoms with Crippen LogP contribution in [0, 0.1) is 17.2 Å². The van der Waals surface area contributed by atoms with Gasteiger partial charge in [-0.3, -0.25) is 4.79 Å². The van der Waals surface area contributed by atoms with Gasteiger partial charge in [0.25, 0.3) is 5.91 Å². The second-order valence-corrected chi connectivity index (χ2v) is 6.17. The molecular formula is C20H20N2O3. The van der Waals surface area contributed by atoms with Crippen molar-refractivity contribution in [2.24, 2.45) is 5.92 Å². The van der Waals surface area contributed by atoms with Crippen LogP contribution in [0.25, 0.3) is 0 Å². The molecule has 1 amide bonds. The van der Waals surface area contributed by atoms with Crippen molar-refractivity contribution in [3.8, 4) is 11.8 Å². The number of rotatable bonds is 5. The first-order valence-corrected chi connectivity index (χ1v) is 8.32. The van der Waals surface area contributed by atoms with Crippen LogP contribution in [-0.4, -0.2) is 35.6 Å². The molecule has 1 saturated heterocycles. The van der Waals surface area contributed by atoms with Gasteiger partial charge in [0.05, 0.1) is 11.6 Å². The highest BCUT2D eigenvalue weighted by molar-refractivity contribution is 5.94. The molecule has 1 atom stereocenters. The Balaban J connectivity index is 1.67. The van der Waals surface area contributed by atoms with Gasteiger partial charge in [-0.2, -0.15) is 5.26 Å². The molecule has 5 nitrogen and oxygen atoms in total. The molecule has 0 spiro atoms. The maximum atomic E-state index is 12.6. The molecule has 1 aliphatic rings. The third kappa shape index (κ3) is 3.98. The number of amides is 1. The van der Waals surface area contributed by atoms with Crippen molar-refractivity contribution in [1.82, 2.24) is 4.90 Å². The summed E-state index contributed by atoms with van der Waals surface area (Å²) in [5.41, 5.74) is 1.97. The molecule has 2 aromatic carbocycles. The van der Waals surface area contributed by atoms with E-state index in [0.717, 1.165) is 12.0 Å². The number of aliphatic hydroxyl groups is 1. The molecule has 1 N–H and O–H groups in total. The Labute approximate surface area is 147 Å². The number of nitrogens with zero attached hydrogens (tertiary/aromatic N) is 2. The van der Waals surface area contributed by atoms with Gasteiger partial charge in [-0.25, -0.2) is 0 Å². The van der Waals surface area contributed by atoms with E-state index in [9.17, 15) is 9.90 Å². The first kappa shape index (κ1) is 17.0. The number of ether oxygens (including phenoxy) is 1. The quantitative estimate of drug-likeness (QED) is 0.911. The van der Waals surface area contributed by atoms with E-state index in [-0.39, 0.29) is 25.0 Å². The Morgan fingerprint density at radius 1 is 1.28 bits per heavy atom. The molecule has 0 saturated carbocycles. The molecule has 25 heavy (non-hydrogen) atoms. The second-order valence-electron chi connectivity index (χ2n) is 6.17. The smallest absolute Gasteiger partial charge is 0.253 e. The largest absolute Gasteiger partial charge is 0.489 e. The standard InChI is InChI=1S/C20H20N2O3/c21-11-17-4-1-2-5-18(17)14-25-19-7-3-6-16(10-19)20(24)22-9-8-15(12-22)13-23/h1-7,10,15,23H,8-9,12-14H2. The Bertz CT molecular complexity index is 798. The zero-order chi connectivity index (χ0) is 17.6. The lowest BCUT2D eigenvalue weighted by atomic mass is 10.1. The molecule has 0 bridgehead atoms. The zero-order valence-corrected chi connectivity index (χ0v) is 13.9. The molecular weight excluding hydrogens is 316 g/mol. The Hall–Kier alpha value is -2.84. The van der Waals surface area contributed by atoms with Gasteiger partial charge in [-0.05, 0) is 30.7 Å². The van der Waals surface area contributed by atoms with Crippen molar-refractivity contribution in [2.45, 2.75) is 13.0 Å². The summed E-state index contributed by atoms with van der Waals surface area (Å²) in [7, 11) is 0. The number of likely N-dealkylation sites (tertiary alicyclic amines) is 1. The molecule has 1 fully saturated rings. The summed E-state index contributed by atoms with van der Waals surface area (Å²) in [5.74, 6) is 0.723. The fourth-order valence-electron chi connectivity index (χ4n) is 2.98. The van der Waals surface area contributed by atoms with Gasteiger partial charge in [-0.1, -0.05) is 24.3 Å². The van der Waals surface area contributed by atoms with Gasteiger partial charge in [0, 0.05) is 36.7 Å². The van der Waals surface area contributed by atoms with Gasteiger partial charge >= 0.3 is 0 Å². The number of hydrogen-bond donors (Lipinski definition) is 1. The molecule has 0 aliphatic carbocycles. The molecule has 1 heterocycles. The third-order valence-corrected chi connectivity index (χ3v) is 4.44. The predicted octanol–water partition coefficient (Wildman–Crippen LogP) is 2.59. The number of hydrogen-bond acceptors (Lipinski definition) is 4. The number of carbonyl (C=O) groups is 1. The number of aliphatic hydroxyl groups excluding tert-OH is 1. The zero-order valence-electron chi connectivity index (χ0n) is 13.9. The number of nitriles is 1. The summed E-state index contributed by atoms with van der Waals surface area (Å²) in [6, 6.07) is 16.5. The first-order chi connectivity index (χ1) is 12.2. The number of carbonyl (C=O) groups excluding carboxylic acids is 1. The summed E-state index contributed by atoms with van der Waals surface area (Å²) in [6.07, 6.45) is 0.837. The van der Waals surface area contributed by atoms with Crippen molar-refractivity contribution in [3.05, 3.63) is 65.2 Å². The molecule has 1 aliphatic heterocycles. The fourth-order valence-corrected chi connectivity index (χ4v) is 2.98. The van der Waals surface area contributed by atoms with Crippen LogP contribution in [0.15, 0.2) is 48.5 Å². The van der Waals surface area contributed by atoms with E-state index in [1.54, 1.807) is 35.2 Å². The van der Waals surface area contributed by atoms with E-state index < -0.39 is 0 Å². The van der Waals surface area contributed by atoms with Crippen LogP contribution in [0.4, 0.5) is 0 Å². The van der Waals surface area contributed by atoms with Gasteiger partial charge in [0.2, 0.25) is 0 Å². The third-order valence-electron chi connectivity index (χ3n) is 4.44. The lowest BCUT2D eigenvalue weighted by Gasteiger charge is -2.17. The van der Waals surface area contributed by atoms with E-state index >= 15 is 0 Å². The van der Waals surface area contributed by atoms with Gasteiger partial charge < -0.3 is 14.7 Å². The minimum atomic E-state index is -0.0428. The molecule has 2 aromatic rings. The van der Waals surface area contributed by atoms with Crippen molar-refractivity contribution in [1.29, 1.82) is 5.26 Å². The molecule has 0 aromatic heterocycles. The van der Waals surface area contributed by atoms with E-state index in [4.69, 9.17) is 10.00 Å². The van der Waals surface area contributed by atoms with Crippen LogP contribution in [-0.2, 0) is 6.61 Å². The summed E-state index contributed by atoms with van der Waals surface area (Å²) >= 11 is 0. The van der Waals surface area contributed by atoms with Crippen LogP contribution in [0.3, 0.4) is 0 Å². The van der Waals surface area contributed by atoms with E-state index in [2.05, 4.69) is 6.07 Å². The normalized spacial score (nSPS) is 16.5. The van der Waals surface area contributed by atoms with Crippen LogP contribution < -0.4 is 4.74 Å². The summed E-state index contributed by atoms with van der Waals surface area (Å²) < 4.78 is 5.77. The molecule has 128 valence electrons. The van der Waals surface area contributed by atoms with E-state index in [1.807, 2.05) is 18.2 Å². The monoisotopic (exact) mass is 336 g/mol. The molecule has 3 rings (SSSR count). The van der Waals surface area contributed by atoms with Crippen molar-refractivity contribution in [2.75, 3.05) is 19.7 Å². The van der Waals surface area contributed by atoms with Crippen LogP contribution >= 0.6 is 0 Å². The first-order valence-electron chi connectivity index (χ1n) is 8.32. The van der Waals surface area contributed by atoms with E-state index in [1.165, 1.54) is 0 Å². The Morgan fingerprint density at radius 2 is 2.12 bits per heavy atom. The summed E-state index contributed by atoms with van der Waals surface area (Å²) in [6.45, 7) is 1.66. The minimum absolute atomic E-state index is 0.0428. The average Bonchev–Trinajstić information content (AvgIpc) is 3.15. The minimum Gasteiger partial charge on any atom is -0.489 e. The van der Waals surface area contributed by atoms with Crippen LogP contribution in [0.5, 0.6) is 5.75 Å². The Morgan fingerprint density at radius 3 is 2.88 bits per heavy atom. The van der Waals surface area contributed by atoms with Crippen molar-refractivity contribution < 1.29 is 14.6 Å². The lowest BCUT2D eigenvalue weighted by molar-refractivity contribution is 0.0781. The van der Waals surface area contributed by atoms with Crippen LogP contribution in [0.2, 0.25) is 0 Å². The van der Waals surface area contributed by atoms with E-state index in [0.29, 0.717) is 30.0 Å². The van der Waals surface area contributed by atoms with Gasteiger partial charge in [0.1, 0.15) is 12.4 Å². The lowest BCUT2D eigenvalue weighted by Crippen LogP contribution is -2.29. The average molecular weight is 336 g/mol. The Kier molecular flexibility index (Phi) is 5.32. The van der Waals surface area contributed by atoms with Crippen molar-refractivity contribution >= 4 is 5.91 Å². The van der Waals surface area contributed by atoms with Crippen molar-refractivity contribution in [3.63, 3.8) is 0 Å². The molecule has 0 radical (unpaired) electrons. The molecule has 5 heteroatoms. The maximum absolute atomic E-state index is 12.6. The predicted molar refractivity (Wildman–Crippen MR) is 93.0 cm³/mol. The second kappa shape index (κ2) is 7.82. The summed E-state index contributed by atoms with van der Waals surface area (Å²) in [5, 5.41) is 18.3. The maximum Gasteiger partial charge on any atom is 0.253 e.